The molecule has 22 heavy (non-hydrogen) atoms. The van der Waals surface area contributed by atoms with Crippen LogP contribution in [0.5, 0.6) is 5.75 Å². The Morgan fingerprint density at radius 2 is 1.59 bits per heavy atom. The van der Waals surface area contributed by atoms with Gasteiger partial charge in [0, 0.05) is 0 Å². The highest BCUT2D eigenvalue weighted by Crippen LogP contribution is 2.35. The van der Waals surface area contributed by atoms with Gasteiger partial charge in [-0.15, -0.1) is 0 Å². The van der Waals surface area contributed by atoms with Gasteiger partial charge in [-0.25, -0.2) is 8.42 Å². The molecule has 0 bridgehead atoms. The minimum absolute atomic E-state index is 0.162. The highest BCUT2D eigenvalue weighted by molar-refractivity contribution is 7.92. The number of para-hydroxylation sites is 1. The molecule has 0 saturated carbocycles. The summed E-state index contributed by atoms with van der Waals surface area (Å²) in [5.41, 5.74) is -1.57. The molecule has 0 spiro atoms. The van der Waals surface area contributed by atoms with Gasteiger partial charge in [0.05, 0.1) is 23.3 Å². The first-order chi connectivity index (χ1) is 10.2. The van der Waals surface area contributed by atoms with Gasteiger partial charge in [-0.1, -0.05) is 12.1 Å². The molecule has 2 aromatic carbocycles. The Kier molecular flexibility index (Phi) is 4.32. The van der Waals surface area contributed by atoms with Crippen molar-refractivity contribution >= 4 is 15.7 Å². The van der Waals surface area contributed by atoms with Crippen LogP contribution < -0.4 is 9.46 Å². The molecule has 118 valence electrons. The zero-order valence-corrected chi connectivity index (χ0v) is 12.2. The van der Waals surface area contributed by atoms with Crippen molar-refractivity contribution in [2.45, 2.75) is 11.1 Å². The minimum atomic E-state index is -4.65. The number of rotatable bonds is 4. The monoisotopic (exact) mass is 331 g/mol. The van der Waals surface area contributed by atoms with Crippen LogP contribution in [0.4, 0.5) is 18.9 Å². The Balaban J connectivity index is 2.37. The summed E-state index contributed by atoms with van der Waals surface area (Å²) in [6, 6.07) is 9.69. The molecular formula is C14H12F3NO3S. The molecule has 0 heterocycles. The number of halogens is 3. The maximum absolute atomic E-state index is 12.9. The van der Waals surface area contributed by atoms with Crippen molar-refractivity contribution in [2.75, 3.05) is 11.8 Å². The highest BCUT2D eigenvalue weighted by Gasteiger charge is 2.34. The van der Waals surface area contributed by atoms with Crippen molar-refractivity contribution in [2.24, 2.45) is 0 Å². The number of alkyl halides is 3. The minimum Gasteiger partial charge on any atom is -0.497 e. The second-order valence-electron chi connectivity index (χ2n) is 4.32. The van der Waals surface area contributed by atoms with Crippen LogP contribution in [0, 0.1) is 0 Å². The van der Waals surface area contributed by atoms with Gasteiger partial charge < -0.3 is 4.74 Å². The predicted octanol–water partition coefficient (Wildman–Crippen LogP) is 3.51. The molecule has 1 N–H and O–H groups in total. The lowest BCUT2D eigenvalue weighted by atomic mass is 10.2. The zero-order valence-electron chi connectivity index (χ0n) is 11.4. The smallest absolute Gasteiger partial charge is 0.418 e. The summed E-state index contributed by atoms with van der Waals surface area (Å²) < 4.78 is 69.8. The number of nitrogens with one attached hydrogen (secondary N) is 1. The second kappa shape index (κ2) is 5.88. The summed E-state index contributed by atoms with van der Waals surface area (Å²) in [6.07, 6.45) is -4.65. The normalized spacial score (nSPS) is 12.0. The summed E-state index contributed by atoms with van der Waals surface area (Å²) >= 11 is 0. The van der Waals surface area contributed by atoms with Crippen LogP contribution in [0.1, 0.15) is 5.56 Å². The largest absolute Gasteiger partial charge is 0.497 e. The summed E-state index contributed by atoms with van der Waals surface area (Å²) in [5, 5.41) is 0. The van der Waals surface area contributed by atoms with E-state index in [0.29, 0.717) is 5.75 Å². The molecule has 2 aromatic rings. The summed E-state index contributed by atoms with van der Waals surface area (Å²) in [5.74, 6) is 0.439. The highest BCUT2D eigenvalue weighted by atomic mass is 32.2. The van der Waals surface area contributed by atoms with Crippen molar-refractivity contribution in [3.05, 3.63) is 54.1 Å². The molecule has 0 aliphatic carbocycles. The summed E-state index contributed by atoms with van der Waals surface area (Å²) in [6.45, 7) is 0. The van der Waals surface area contributed by atoms with Crippen LogP contribution in [0.3, 0.4) is 0 Å². The lowest BCUT2D eigenvalue weighted by molar-refractivity contribution is -0.136. The first-order valence-electron chi connectivity index (χ1n) is 6.07. The van der Waals surface area contributed by atoms with Gasteiger partial charge in [0.25, 0.3) is 10.0 Å². The van der Waals surface area contributed by atoms with Gasteiger partial charge in [0.15, 0.2) is 0 Å². The van der Waals surface area contributed by atoms with Crippen molar-refractivity contribution in [3.63, 3.8) is 0 Å². The molecule has 0 saturated heterocycles. The number of benzene rings is 2. The van der Waals surface area contributed by atoms with E-state index in [9.17, 15) is 21.6 Å². The van der Waals surface area contributed by atoms with Crippen molar-refractivity contribution in [1.29, 1.82) is 0 Å². The molecule has 0 aliphatic heterocycles. The molecule has 0 aromatic heterocycles. The molecular weight excluding hydrogens is 319 g/mol. The standard InChI is InChI=1S/C14H12F3NO3S/c1-21-10-6-8-11(9-7-10)22(19,20)18-13-5-3-2-4-12(13)14(15,16)17/h2-9,18H,1H3. The molecule has 0 radical (unpaired) electrons. The van der Waals surface area contributed by atoms with Crippen LogP contribution >= 0.6 is 0 Å². The van der Waals surface area contributed by atoms with E-state index in [-0.39, 0.29) is 4.90 Å². The third-order valence-electron chi connectivity index (χ3n) is 2.85. The Hall–Kier alpha value is -2.22. The fraction of sp³-hybridized carbons (Fsp3) is 0.143. The second-order valence-corrected chi connectivity index (χ2v) is 6.01. The van der Waals surface area contributed by atoms with Crippen LogP contribution in [-0.2, 0) is 16.2 Å². The molecule has 8 heteroatoms. The molecule has 0 atom stereocenters. The predicted molar refractivity (Wildman–Crippen MR) is 75.2 cm³/mol. The maximum Gasteiger partial charge on any atom is 0.418 e. The van der Waals surface area contributed by atoms with E-state index in [0.717, 1.165) is 12.1 Å². The third-order valence-corrected chi connectivity index (χ3v) is 4.23. The van der Waals surface area contributed by atoms with E-state index >= 15 is 0 Å². The van der Waals surface area contributed by atoms with Crippen molar-refractivity contribution < 1.29 is 26.3 Å². The van der Waals surface area contributed by atoms with Gasteiger partial charge in [-0.2, -0.15) is 13.2 Å². The SMILES string of the molecule is COc1ccc(S(=O)(=O)Nc2ccccc2C(F)(F)F)cc1. The topological polar surface area (TPSA) is 55.4 Å². The van der Waals surface area contributed by atoms with Gasteiger partial charge in [-0.3, -0.25) is 4.72 Å². The molecule has 0 fully saturated rings. The van der Waals surface area contributed by atoms with Crippen LogP contribution in [0.2, 0.25) is 0 Å². The number of hydrogen-bond acceptors (Lipinski definition) is 3. The fourth-order valence-corrected chi connectivity index (χ4v) is 2.86. The Morgan fingerprint density at radius 3 is 2.14 bits per heavy atom. The van der Waals surface area contributed by atoms with E-state index in [1.807, 2.05) is 4.72 Å². The van der Waals surface area contributed by atoms with E-state index in [2.05, 4.69) is 0 Å². The van der Waals surface area contributed by atoms with Crippen LogP contribution in [0.25, 0.3) is 0 Å². The number of hydrogen-bond donors (Lipinski definition) is 1. The molecule has 0 unspecified atom stereocenters. The first-order valence-corrected chi connectivity index (χ1v) is 7.55. The van der Waals surface area contributed by atoms with Crippen LogP contribution in [0.15, 0.2) is 53.4 Å². The Morgan fingerprint density at radius 1 is 1.00 bits per heavy atom. The number of methoxy groups -OCH3 is 1. The first kappa shape index (κ1) is 16.2. The lowest BCUT2D eigenvalue weighted by Crippen LogP contribution is -2.17. The lowest BCUT2D eigenvalue weighted by Gasteiger charge is -2.14. The number of ether oxygens (including phenoxy) is 1. The van der Waals surface area contributed by atoms with E-state index in [1.165, 1.54) is 43.5 Å². The van der Waals surface area contributed by atoms with Crippen molar-refractivity contribution in [3.8, 4) is 5.75 Å². The zero-order chi connectivity index (χ0) is 16.4. The fourth-order valence-electron chi connectivity index (χ4n) is 1.78. The third kappa shape index (κ3) is 3.51. The number of anilines is 1. The summed E-state index contributed by atoms with van der Waals surface area (Å²) in [4.78, 5) is -0.162. The average molecular weight is 331 g/mol. The summed E-state index contributed by atoms with van der Waals surface area (Å²) in [7, 11) is -2.71. The Bertz CT molecular complexity index is 756. The maximum atomic E-state index is 12.9. The quantitative estimate of drug-likeness (QED) is 0.933. The van der Waals surface area contributed by atoms with Crippen molar-refractivity contribution in [1.82, 2.24) is 0 Å². The molecule has 4 nitrogen and oxygen atoms in total. The van der Waals surface area contributed by atoms with E-state index in [1.54, 1.807) is 0 Å². The average Bonchev–Trinajstić information content (AvgIpc) is 2.46. The van der Waals surface area contributed by atoms with Gasteiger partial charge in [0.2, 0.25) is 0 Å². The van der Waals surface area contributed by atoms with E-state index in [4.69, 9.17) is 4.74 Å². The van der Waals surface area contributed by atoms with Crippen LogP contribution in [-0.4, -0.2) is 15.5 Å². The Labute approximate surface area is 125 Å². The van der Waals surface area contributed by atoms with Gasteiger partial charge in [-0.05, 0) is 36.4 Å². The molecule has 2 rings (SSSR count). The van der Waals surface area contributed by atoms with E-state index < -0.39 is 27.5 Å². The molecule has 0 aliphatic rings. The number of sulfonamides is 1. The molecule has 0 amide bonds. The van der Waals surface area contributed by atoms with Gasteiger partial charge >= 0.3 is 6.18 Å². The van der Waals surface area contributed by atoms with Gasteiger partial charge in [0.1, 0.15) is 5.75 Å².